The largest absolute Gasteiger partial charge is 0.429 e. The van der Waals surface area contributed by atoms with Crippen LogP contribution in [-0.2, 0) is 16.0 Å². The van der Waals surface area contributed by atoms with Gasteiger partial charge in [0.2, 0.25) is 0 Å². The summed E-state index contributed by atoms with van der Waals surface area (Å²) in [6, 6.07) is 5.71. The Morgan fingerprint density at radius 2 is 2.18 bits per heavy atom. The van der Waals surface area contributed by atoms with Gasteiger partial charge in [0, 0.05) is 0 Å². The number of cyclic esters (lactones) is 1. The van der Waals surface area contributed by atoms with Gasteiger partial charge in [-0.15, -0.1) is 0 Å². The van der Waals surface area contributed by atoms with Crippen LogP contribution in [0, 0.1) is 11.7 Å². The fraction of sp³-hybridized carbons (Fsp3) is 0.471. The van der Waals surface area contributed by atoms with Crippen LogP contribution in [-0.4, -0.2) is 22.7 Å². The molecule has 3 N–H and O–H groups in total. The number of halogens is 1. The monoisotopic (exact) mass is 307 g/mol. The van der Waals surface area contributed by atoms with Gasteiger partial charge >= 0.3 is 5.97 Å². The van der Waals surface area contributed by atoms with E-state index in [1.54, 1.807) is 32.1 Å². The maximum Gasteiger partial charge on any atom is 0.318 e. The third-order valence-corrected chi connectivity index (χ3v) is 3.66. The zero-order valence-electron chi connectivity index (χ0n) is 12.9. The van der Waals surface area contributed by atoms with E-state index >= 15 is 0 Å². The molecule has 0 spiro atoms. The lowest BCUT2D eigenvalue weighted by Gasteiger charge is -2.17. The Morgan fingerprint density at radius 3 is 2.82 bits per heavy atom. The Labute approximate surface area is 129 Å². The van der Waals surface area contributed by atoms with Crippen molar-refractivity contribution in [2.75, 3.05) is 0 Å². The number of carbonyl (C=O) groups is 1. The first-order chi connectivity index (χ1) is 10.2. The highest BCUT2D eigenvalue weighted by Gasteiger charge is 2.31. The number of esters is 1. The molecule has 120 valence electrons. The van der Waals surface area contributed by atoms with Crippen molar-refractivity contribution in [2.45, 2.75) is 44.8 Å². The molecule has 2 unspecified atom stereocenters. The maximum absolute atomic E-state index is 13.2. The number of rotatable bonds is 6. The topological polar surface area (TPSA) is 72.6 Å². The minimum absolute atomic E-state index is 0.315. The molecule has 0 aromatic heterocycles. The molecule has 0 saturated heterocycles. The van der Waals surface area contributed by atoms with Crippen LogP contribution in [0.5, 0.6) is 0 Å². The maximum atomic E-state index is 13.2. The molecule has 0 radical (unpaired) electrons. The molecule has 0 saturated carbocycles. The molecule has 4 nitrogen and oxygen atoms in total. The highest BCUT2D eigenvalue weighted by molar-refractivity contribution is 5.78. The quantitative estimate of drug-likeness (QED) is 0.791. The number of ether oxygens (including phenoxy) is 1. The van der Waals surface area contributed by atoms with Crippen molar-refractivity contribution >= 4 is 5.97 Å². The first kappa shape index (κ1) is 16.6. The summed E-state index contributed by atoms with van der Waals surface area (Å²) in [5.41, 5.74) is 5.99. The van der Waals surface area contributed by atoms with E-state index in [1.807, 2.05) is 0 Å². The molecule has 0 aliphatic carbocycles. The minimum atomic E-state index is -0.819. The standard InChI is InChI=1S/C17H22FNO3/c1-17(2,21)7-6-12-10-15(22-16(12)20)14(19)9-11-4-3-5-13(18)8-11/h3-5,8,10,12,14,21H,6-7,9,19H2,1-2H3. The molecule has 0 amide bonds. The number of hydrogen-bond acceptors (Lipinski definition) is 4. The summed E-state index contributed by atoms with van der Waals surface area (Å²) in [7, 11) is 0. The van der Waals surface area contributed by atoms with Gasteiger partial charge in [-0.25, -0.2) is 4.39 Å². The highest BCUT2D eigenvalue weighted by Crippen LogP contribution is 2.27. The zero-order valence-corrected chi connectivity index (χ0v) is 12.9. The van der Waals surface area contributed by atoms with Crippen LogP contribution in [0.3, 0.4) is 0 Å². The second-order valence-corrected chi connectivity index (χ2v) is 6.39. The van der Waals surface area contributed by atoms with Gasteiger partial charge in [0.15, 0.2) is 0 Å². The van der Waals surface area contributed by atoms with Crippen LogP contribution in [0.2, 0.25) is 0 Å². The van der Waals surface area contributed by atoms with Gasteiger partial charge in [-0.3, -0.25) is 4.79 Å². The third-order valence-electron chi connectivity index (χ3n) is 3.66. The van der Waals surface area contributed by atoms with Crippen LogP contribution in [0.15, 0.2) is 36.1 Å². The third kappa shape index (κ3) is 4.64. The minimum Gasteiger partial charge on any atom is -0.429 e. The molecular weight excluding hydrogens is 285 g/mol. The first-order valence-corrected chi connectivity index (χ1v) is 7.40. The van der Waals surface area contributed by atoms with E-state index < -0.39 is 11.6 Å². The number of carbonyl (C=O) groups excluding carboxylic acids is 1. The summed E-state index contributed by atoms with van der Waals surface area (Å²) >= 11 is 0. The van der Waals surface area contributed by atoms with Gasteiger partial charge in [0.25, 0.3) is 0 Å². The van der Waals surface area contributed by atoms with Crippen molar-refractivity contribution < 1.29 is 19.0 Å². The van der Waals surface area contributed by atoms with Crippen LogP contribution >= 0.6 is 0 Å². The fourth-order valence-electron chi connectivity index (χ4n) is 2.42. The van der Waals surface area contributed by atoms with E-state index in [-0.39, 0.29) is 17.7 Å². The molecule has 0 fully saturated rings. The summed E-state index contributed by atoms with van der Waals surface area (Å²) in [6.45, 7) is 3.40. The molecule has 1 heterocycles. The summed E-state index contributed by atoms with van der Waals surface area (Å²) in [4.78, 5) is 11.8. The van der Waals surface area contributed by atoms with Crippen molar-refractivity contribution in [3.8, 4) is 0 Å². The SMILES string of the molecule is CC(C)(O)CCC1C=C(C(N)Cc2cccc(F)c2)OC1=O. The molecule has 1 aliphatic heterocycles. The van der Waals surface area contributed by atoms with Gasteiger partial charge in [-0.05, 0) is 56.9 Å². The van der Waals surface area contributed by atoms with Crippen LogP contribution in [0.1, 0.15) is 32.3 Å². The van der Waals surface area contributed by atoms with Gasteiger partial charge in [0.05, 0.1) is 17.6 Å². The average molecular weight is 307 g/mol. The van der Waals surface area contributed by atoms with E-state index in [4.69, 9.17) is 10.5 Å². The molecule has 5 heteroatoms. The van der Waals surface area contributed by atoms with Crippen molar-refractivity contribution in [1.29, 1.82) is 0 Å². The van der Waals surface area contributed by atoms with Gasteiger partial charge in [-0.2, -0.15) is 0 Å². The second kappa shape index (κ2) is 6.58. The molecule has 2 atom stereocenters. The van der Waals surface area contributed by atoms with E-state index in [9.17, 15) is 14.3 Å². The molecule has 0 bridgehead atoms. The Kier molecular flexibility index (Phi) is 4.98. The molecule has 2 rings (SSSR count). The van der Waals surface area contributed by atoms with Crippen LogP contribution in [0.25, 0.3) is 0 Å². The summed E-state index contributed by atoms with van der Waals surface area (Å²) in [6.07, 6.45) is 3.13. The molecule has 1 aliphatic rings. The van der Waals surface area contributed by atoms with E-state index in [0.29, 0.717) is 25.0 Å². The van der Waals surface area contributed by atoms with Crippen molar-refractivity contribution in [2.24, 2.45) is 11.7 Å². The van der Waals surface area contributed by atoms with Crippen molar-refractivity contribution in [3.63, 3.8) is 0 Å². The lowest BCUT2D eigenvalue weighted by Crippen LogP contribution is -2.26. The van der Waals surface area contributed by atoms with Crippen molar-refractivity contribution in [3.05, 3.63) is 47.5 Å². The predicted octanol–water partition coefficient (Wildman–Crippen LogP) is 2.30. The first-order valence-electron chi connectivity index (χ1n) is 7.40. The van der Waals surface area contributed by atoms with E-state index in [0.717, 1.165) is 5.56 Å². The van der Waals surface area contributed by atoms with Gasteiger partial charge in [-0.1, -0.05) is 12.1 Å². The highest BCUT2D eigenvalue weighted by atomic mass is 19.1. The molecular formula is C17H22FNO3. The summed E-state index contributed by atoms with van der Waals surface area (Å²) in [5, 5.41) is 9.73. The summed E-state index contributed by atoms with van der Waals surface area (Å²) in [5.74, 6) is -0.603. The normalized spacial score (nSPS) is 19.8. The lowest BCUT2D eigenvalue weighted by atomic mass is 9.94. The van der Waals surface area contributed by atoms with E-state index in [1.165, 1.54) is 12.1 Å². The van der Waals surface area contributed by atoms with Gasteiger partial charge in [0.1, 0.15) is 11.6 Å². The lowest BCUT2D eigenvalue weighted by molar-refractivity contribution is -0.140. The van der Waals surface area contributed by atoms with Gasteiger partial charge < -0.3 is 15.6 Å². The van der Waals surface area contributed by atoms with Crippen LogP contribution < -0.4 is 5.73 Å². The Bertz CT molecular complexity index is 578. The summed E-state index contributed by atoms with van der Waals surface area (Å²) < 4.78 is 18.4. The molecule has 22 heavy (non-hydrogen) atoms. The number of nitrogens with two attached hydrogens (primary N) is 1. The fourth-order valence-corrected chi connectivity index (χ4v) is 2.42. The number of benzene rings is 1. The smallest absolute Gasteiger partial charge is 0.318 e. The Balaban J connectivity index is 1.98. The zero-order chi connectivity index (χ0) is 16.3. The number of hydrogen-bond donors (Lipinski definition) is 2. The average Bonchev–Trinajstić information content (AvgIpc) is 2.77. The molecule has 1 aromatic rings. The Morgan fingerprint density at radius 1 is 1.45 bits per heavy atom. The Hall–Kier alpha value is -1.72. The second-order valence-electron chi connectivity index (χ2n) is 6.39. The number of aliphatic hydroxyl groups is 1. The molecule has 1 aromatic carbocycles. The van der Waals surface area contributed by atoms with Crippen molar-refractivity contribution in [1.82, 2.24) is 0 Å². The predicted molar refractivity (Wildman–Crippen MR) is 81.3 cm³/mol. The van der Waals surface area contributed by atoms with Crippen LogP contribution in [0.4, 0.5) is 4.39 Å². The van der Waals surface area contributed by atoms with E-state index in [2.05, 4.69) is 0 Å².